The van der Waals surface area contributed by atoms with Crippen molar-refractivity contribution in [2.45, 2.75) is 39.0 Å². The van der Waals surface area contributed by atoms with E-state index >= 15 is 0 Å². The minimum Gasteiger partial charge on any atom is -0.382 e. The number of nitrogens with one attached hydrogen (secondary N) is 1. The Hall–Kier alpha value is -1.39. The topological polar surface area (TPSA) is 41.6 Å². The van der Waals surface area contributed by atoms with Crippen LogP contribution < -0.4 is 5.32 Å². The van der Waals surface area contributed by atoms with Crippen LogP contribution in [0.25, 0.3) is 0 Å². The molecule has 1 unspecified atom stereocenters. The van der Waals surface area contributed by atoms with E-state index in [-0.39, 0.29) is 11.8 Å². The van der Waals surface area contributed by atoms with E-state index < -0.39 is 0 Å². The first-order valence-electron chi connectivity index (χ1n) is 9.33. The molecular formula is C20H32N2O2. The van der Waals surface area contributed by atoms with E-state index in [2.05, 4.69) is 47.5 Å². The second kappa shape index (κ2) is 10.5. The van der Waals surface area contributed by atoms with Gasteiger partial charge in [0.25, 0.3) is 0 Å². The van der Waals surface area contributed by atoms with Gasteiger partial charge < -0.3 is 15.0 Å². The zero-order valence-electron chi connectivity index (χ0n) is 15.2. The van der Waals surface area contributed by atoms with Gasteiger partial charge in [-0.2, -0.15) is 0 Å². The lowest BCUT2D eigenvalue weighted by molar-refractivity contribution is -0.126. The van der Waals surface area contributed by atoms with Crippen molar-refractivity contribution in [3.63, 3.8) is 0 Å². The number of rotatable bonds is 9. The summed E-state index contributed by atoms with van der Waals surface area (Å²) < 4.78 is 5.29. The van der Waals surface area contributed by atoms with Crippen molar-refractivity contribution in [2.75, 3.05) is 39.4 Å². The number of amides is 1. The zero-order chi connectivity index (χ0) is 17.2. The Balaban J connectivity index is 1.65. The van der Waals surface area contributed by atoms with Crippen LogP contribution in [0, 0.1) is 5.92 Å². The van der Waals surface area contributed by atoms with Gasteiger partial charge in [0.15, 0.2) is 0 Å². The summed E-state index contributed by atoms with van der Waals surface area (Å²) in [6.07, 6.45) is 2.84. The molecule has 1 atom stereocenters. The Bertz CT molecular complexity index is 470. The van der Waals surface area contributed by atoms with Crippen molar-refractivity contribution >= 4 is 5.91 Å². The maximum absolute atomic E-state index is 12.2. The average Bonchev–Trinajstić information content (AvgIpc) is 2.62. The van der Waals surface area contributed by atoms with Crippen LogP contribution in [0.5, 0.6) is 0 Å². The monoisotopic (exact) mass is 332 g/mol. The van der Waals surface area contributed by atoms with Crippen molar-refractivity contribution < 1.29 is 9.53 Å². The lowest BCUT2D eigenvalue weighted by Crippen LogP contribution is -2.41. The molecule has 1 saturated heterocycles. The van der Waals surface area contributed by atoms with Crippen LogP contribution in [0.4, 0.5) is 0 Å². The van der Waals surface area contributed by atoms with Gasteiger partial charge in [0.1, 0.15) is 0 Å². The van der Waals surface area contributed by atoms with Crippen molar-refractivity contribution in [3.8, 4) is 0 Å². The van der Waals surface area contributed by atoms with E-state index in [1.807, 2.05) is 6.92 Å². The van der Waals surface area contributed by atoms with Gasteiger partial charge in [-0.1, -0.05) is 37.3 Å². The highest BCUT2D eigenvalue weighted by Gasteiger charge is 2.25. The quantitative estimate of drug-likeness (QED) is 0.707. The number of piperidine rings is 1. The summed E-state index contributed by atoms with van der Waals surface area (Å²) in [5, 5.41) is 3.06. The van der Waals surface area contributed by atoms with Gasteiger partial charge in [-0.15, -0.1) is 0 Å². The van der Waals surface area contributed by atoms with Crippen LogP contribution in [0.1, 0.15) is 44.6 Å². The number of nitrogens with zero attached hydrogens (tertiary/aromatic N) is 1. The normalized spacial score (nSPS) is 17.6. The molecule has 1 N–H and O–H groups in total. The summed E-state index contributed by atoms with van der Waals surface area (Å²) in [4.78, 5) is 14.7. The molecule has 1 amide bonds. The van der Waals surface area contributed by atoms with Gasteiger partial charge in [-0.05, 0) is 50.8 Å². The Labute approximate surface area is 146 Å². The number of benzene rings is 1. The van der Waals surface area contributed by atoms with Gasteiger partial charge in [-0.3, -0.25) is 4.79 Å². The maximum Gasteiger partial charge on any atom is 0.223 e. The first kappa shape index (κ1) is 18.9. The fourth-order valence-corrected chi connectivity index (χ4v) is 3.33. The smallest absolute Gasteiger partial charge is 0.223 e. The SMILES string of the molecule is CCOCCCNC(=O)C1CCN(CC(C)c2ccccc2)CC1. The van der Waals surface area contributed by atoms with E-state index in [0.717, 1.165) is 58.7 Å². The van der Waals surface area contributed by atoms with E-state index in [0.29, 0.717) is 5.92 Å². The summed E-state index contributed by atoms with van der Waals surface area (Å²) in [6.45, 7) is 9.59. The average molecular weight is 332 g/mol. The first-order valence-corrected chi connectivity index (χ1v) is 9.33. The van der Waals surface area contributed by atoms with Gasteiger partial charge in [0.05, 0.1) is 0 Å². The molecule has 0 spiro atoms. The Kier molecular flexibility index (Phi) is 8.26. The van der Waals surface area contributed by atoms with Crippen molar-refractivity contribution in [3.05, 3.63) is 35.9 Å². The molecule has 1 aliphatic rings. The molecule has 0 aliphatic carbocycles. The molecule has 4 nitrogen and oxygen atoms in total. The largest absolute Gasteiger partial charge is 0.382 e. The highest BCUT2D eigenvalue weighted by atomic mass is 16.5. The maximum atomic E-state index is 12.2. The molecule has 24 heavy (non-hydrogen) atoms. The lowest BCUT2D eigenvalue weighted by Gasteiger charge is -2.33. The molecule has 0 radical (unpaired) electrons. The van der Waals surface area contributed by atoms with Crippen LogP contribution >= 0.6 is 0 Å². The number of carbonyl (C=O) groups excluding carboxylic acids is 1. The summed E-state index contributed by atoms with van der Waals surface area (Å²) in [5.74, 6) is 0.942. The van der Waals surface area contributed by atoms with Crippen molar-refractivity contribution in [1.29, 1.82) is 0 Å². The third-order valence-corrected chi connectivity index (χ3v) is 4.83. The standard InChI is InChI=1S/C20H32N2O2/c1-3-24-15-7-12-21-20(23)19-10-13-22(14-11-19)16-17(2)18-8-5-4-6-9-18/h4-6,8-9,17,19H,3,7,10-16H2,1-2H3,(H,21,23). The van der Waals surface area contributed by atoms with E-state index in [1.54, 1.807) is 0 Å². The number of carbonyl (C=O) groups is 1. The molecule has 1 aromatic rings. The number of hydrogen-bond acceptors (Lipinski definition) is 3. The van der Waals surface area contributed by atoms with Crippen LogP contribution in [0.2, 0.25) is 0 Å². The molecule has 0 bridgehead atoms. The second-order valence-electron chi connectivity index (χ2n) is 6.73. The number of hydrogen-bond donors (Lipinski definition) is 1. The lowest BCUT2D eigenvalue weighted by atomic mass is 9.94. The zero-order valence-corrected chi connectivity index (χ0v) is 15.2. The predicted octanol–water partition coefficient (Wildman–Crippen LogP) is 3.04. The fourth-order valence-electron chi connectivity index (χ4n) is 3.33. The highest BCUT2D eigenvalue weighted by molar-refractivity contribution is 5.78. The predicted molar refractivity (Wildman–Crippen MR) is 98.1 cm³/mol. The molecule has 1 aliphatic heterocycles. The summed E-state index contributed by atoms with van der Waals surface area (Å²) in [6, 6.07) is 10.7. The van der Waals surface area contributed by atoms with Gasteiger partial charge >= 0.3 is 0 Å². The van der Waals surface area contributed by atoms with Crippen LogP contribution in [0.15, 0.2) is 30.3 Å². The third kappa shape index (κ3) is 6.25. The molecule has 1 heterocycles. The number of ether oxygens (including phenoxy) is 1. The molecule has 1 aromatic carbocycles. The highest BCUT2D eigenvalue weighted by Crippen LogP contribution is 2.21. The Morgan fingerprint density at radius 2 is 2.00 bits per heavy atom. The summed E-state index contributed by atoms with van der Waals surface area (Å²) in [7, 11) is 0. The fraction of sp³-hybridized carbons (Fsp3) is 0.650. The van der Waals surface area contributed by atoms with Crippen LogP contribution in [0.3, 0.4) is 0 Å². The van der Waals surface area contributed by atoms with E-state index in [9.17, 15) is 4.79 Å². The molecule has 134 valence electrons. The first-order chi connectivity index (χ1) is 11.7. The Morgan fingerprint density at radius 3 is 2.67 bits per heavy atom. The van der Waals surface area contributed by atoms with E-state index in [4.69, 9.17) is 4.74 Å². The minimum atomic E-state index is 0.181. The molecule has 1 fully saturated rings. The van der Waals surface area contributed by atoms with Crippen molar-refractivity contribution in [1.82, 2.24) is 10.2 Å². The molecule has 0 aromatic heterocycles. The number of likely N-dealkylation sites (tertiary alicyclic amines) is 1. The van der Waals surface area contributed by atoms with Crippen molar-refractivity contribution in [2.24, 2.45) is 5.92 Å². The molecular weight excluding hydrogens is 300 g/mol. The summed E-state index contributed by atoms with van der Waals surface area (Å²) >= 11 is 0. The Morgan fingerprint density at radius 1 is 1.29 bits per heavy atom. The second-order valence-corrected chi connectivity index (χ2v) is 6.73. The van der Waals surface area contributed by atoms with Gasteiger partial charge in [0, 0.05) is 32.2 Å². The van der Waals surface area contributed by atoms with Gasteiger partial charge in [0.2, 0.25) is 5.91 Å². The minimum absolute atomic E-state index is 0.181. The van der Waals surface area contributed by atoms with Gasteiger partial charge in [-0.25, -0.2) is 0 Å². The molecule has 0 saturated carbocycles. The summed E-state index contributed by atoms with van der Waals surface area (Å²) in [5.41, 5.74) is 1.40. The molecule has 4 heteroatoms. The van der Waals surface area contributed by atoms with Crippen LogP contribution in [-0.4, -0.2) is 50.2 Å². The molecule has 2 rings (SSSR count). The third-order valence-electron chi connectivity index (χ3n) is 4.83. The van der Waals surface area contributed by atoms with Crippen LogP contribution in [-0.2, 0) is 9.53 Å². The van der Waals surface area contributed by atoms with E-state index in [1.165, 1.54) is 5.56 Å².